The minimum Gasteiger partial charge on any atom is -0.288 e. The van der Waals surface area contributed by atoms with Gasteiger partial charge in [0.15, 0.2) is 0 Å². The highest BCUT2D eigenvalue weighted by Crippen LogP contribution is 2.25. The van der Waals surface area contributed by atoms with Crippen molar-refractivity contribution in [3.05, 3.63) is 29.8 Å². The molecule has 0 aliphatic heterocycles. The van der Waals surface area contributed by atoms with Crippen LogP contribution in [0.2, 0.25) is 0 Å². The Morgan fingerprint density at radius 2 is 1.60 bits per heavy atom. The highest BCUT2D eigenvalue weighted by molar-refractivity contribution is 7.99. The molecule has 82 valence electrons. The normalized spacial score (nSPS) is 11.1. The van der Waals surface area contributed by atoms with Gasteiger partial charge in [-0.3, -0.25) is 4.79 Å². The lowest BCUT2D eigenvalue weighted by molar-refractivity contribution is 0.0678. The summed E-state index contributed by atoms with van der Waals surface area (Å²) in [6.45, 7) is 0. The molecule has 0 bridgehead atoms. The molecule has 15 heavy (non-hydrogen) atoms. The van der Waals surface area contributed by atoms with Crippen LogP contribution in [0.4, 0.5) is 17.6 Å². The Bertz CT molecular complexity index is 336. The third-order valence-corrected chi connectivity index (χ3v) is 2.28. The van der Waals surface area contributed by atoms with Gasteiger partial charge < -0.3 is 0 Å². The third-order valence-electron chi connectivity index (χ3n) is 1.56. The topological polar surface area (TPSA) is 17.1 Å². The van der Waals surface area contributed by atoms with Gasteiger partial charge in [0.1, 0.15) is 0 Å². The number of benzene rings is 1. The van der Waals surface area contributed by atoms with E-state index in [4.69, 9.17) is 0 Å². The van der Waals surface area contributed by atoms with Gasteiger partial charge in [-0.1, -0.05) is 23.9 Å². The van der Waals surface area contributed by atoms with E-state index in [-0.39, 0.29) is 10.5 Å². The minimum absolute atomic E-state index is 0.177. The van der Waals surface area contributed by atoms with Crippen molar-refractivity contribution in [2.75, 3.05) is 0 Å². The maximum absolute atomic E-state index is 11.9. The second kappa shape index (κ2) is 5.16. The van der Waals surface area contributed by atoms with Crippen LogP contribution in [0, 0.1) is 0 Å². The van der Waals surface area contributed by atoms with E-state index in [9.17, 15) is 22.4 Å². The van der Waals surface area contributed by atoms with E-state index >= 15 is 0 Å². The predicted molar refractivity (Wildman–Crippen MR) is 48.6 cm³/mol. The van der Waals surface area contributed by atoms with Gasteiger partial charge in [0.05, 0.1) is 0 Å². The van der Waals surface area contributed by atoms with Crippen molar-refractivity contribution in [3.63, 3.8) is 0 Å². The van der Waals surface area contributed by atoms with Crippen LogP contribution in [0.25, 0.3) is 0 Å². The molecule has 0 N–H and O–H groups in total. The number of carbonyl (C=O) groups is 1. The molecular formula is C9H6F4OS. The summed E-state index contributed by atoms with van der Waals surface area (Å²) in [6.07, 6.45) is -3.07. The van der Waals surface area contributed by atoms with Crippen LogP contribution in [-0.2, 0) is 0 Å². The fourth-order valence-corrected chi connectivity index (χ4v) is 1.43. The smallest absolute Gasteiger partial charge is 0.288 e. The number of thioether (sulfide) groups is 1. The molecule has 0 heterocycles. The largest absolute Gasteiger partial charge is 0.300 e. The molecule has 0 aliphatic rings. The molecule has 0 radical (unpaired) electrons. The second-order valence-electron chi connectivity index (χ2n) is 2.57. The van der Waals surface area contributed by atoms with Crippen molar-refractivity contribution in [2.24, 2.45) is 0 Å². The van der Waals surface area contributed by atoms with E-state index in [2.05, 4.69) is 0 Å². The summed E-state index contributed by atoms with van der Waals surface area (Å²) in [5.74, 6) is -3.87. The third kappa shape index (κ3) is 3.54. The average Bonchev–Trinajstić information content (AvgIpc) is 2.17. The van der Waals surface area contributed by atoms with Crippen molar-refractivity contribution in [3.8, 4) is 0 Å². The van der Waals surface area contributed by atoms with Gasteiger partial charge in [-0.05, 0) is 12.1 Å². The van der Waals surface area contributed by atoms with Crippen LogP contribution in [-0.4, -0.2) is 18.0 Å². The van der Waals surface area contributed by atoms with Gasteiger partial charge in [0, 0.05) is 10.5 Å². The van der Waals surface area contributed by atoms with Gasteiger partial charge in [0.25, 0.3) is 5.76 Å². The molecule has 0 fully saturated rings. The molecule has 0 saturated heterocycles. The first-order valence-electron chi connectivity index (χ1n) is 3.88. The summed E-state index contributed by atoms with van der Waals surface area (Å²) in [7, 11) is 0. The van der Waals surface area contributed by atoms with E-state index in [1.165, 1.54) is 12.1 Å². The molecule has 1 nitrogen and oxygen atoms in total. The fourth-order valence-electron chi connectivity index (χ4n) is 0.927. The number of carbonyl (C=O) groups excluding carboxylic acids is 1. The summed E-state index contributed by atoms with van der Waals surface area (Å²) in [5, 5.41) is 0. The van der Waals surface area contributed by atoms with E-state index < -0.39 is 18.0 Å². The average molecular weight is 238 g/mol. The van der Waals surface area contributed by atoms with Crippen molar-refractivity contribution in [1.82, 2.24) is 0 Å². The summed E-state index contributed by atoms with van der Waals surface area (Å²) in [4.78, 5) is 11.0. The molecule has 0 saturated carbocycles. The SMILES string of the molecule is O=C(c1ccc(SC(F)F)cc1)C(F)F. The highest BCUT2D eigenvalue weighted by Gasteiger charge is 2.17. The lowest BCUT2D eigenvalue weighted by Gasteiger charge is -2.02. The Kier molecular flexibility index (Phi) is 4.14. The van der Waals surface area contributed by atoms with E-state index in [0.717, 1.165) is 12.1 Å². The summed E-state index contributed by atoms with van der Waals surface area (Å²) < 4.78 is 47.7. The zero-order valence-corrected chi connectivity index (χ0v) is 8.11. The quantitative estimate of drug-likeness (QED) is 0.454. The number of rotatable bonds is 4. The van der Waals surface area contributed by atoms with Crippen LogP contribution in [0.15, 0.2) is 29.2 Å². The molecule has 1 rings (SSSR count). The maximum Gasteiger partial charge on any atom is 0.300 e. The number of alkyl halides is 4. The molecule has 0 atom stereocenters. The lowest BCUT2D eigenvalue weighted by atomic mass is 10.1. The Balaban J connectivity index is 2.76. The second-order valence-corrected chi connectivity index (χ2v) is 3.63. The molecule has 6 heteroatoms. The Hall–Kier alpha value is -1.04. The van der Waals surface area contributed by atoms with E-state index in [0.29, 0.717) is 11.8 Å². The molecule has 0 aliphatic carbocycles. The van der Waals surface area contributed by atoms with Gasteiger partial charge in [-0.15, -0.1) is 0 Å². The number of hydrogen-bond donors (Lipinski definition) is 0. The summed E-state index contributed by atoms with van der Waals surface area (Å²) >= 11 is 0.295. The first kappa shape index (κ1) is 12.0. The number of halogens is 4. The summed E-state index contributed by atoms with van der Waals surface area (Å²) in [5.41, 5.74) is -0.177. The molecule has 0 aromatic heterocycles. The van der Waals surface area contributed by atoms with Gasteiger partial charge in [-0.25, -0.2) is 8.78 Å². The summed E-state index contributed by atoms with van der Waals surface area (Å²) in [6, 6.07) is 4.65. The van der Waals surface area contributed by atoms with Gasteiger partial charge >= 0.3 is 6.43 Å². The Morgan fingerprint density at radius 1 is 1.07 bits per heavy atom. The molecule has 1 aromatic carbocycles. The van der Waals surface area contributed by atoms with Crippen molar-refractivity contribution in [2.45, 2.75) is 17.1 Å². The van der Waals surface area contributed by atoms with Crippen LogP contribution in [0.5, 0.6) is 0 Å². The first-order valence-corrected chi connectivity index (χ1v) is 4.76. The first-order chi connectivity index (χ1) is 7.00. The van der Waals surface area contributed by atoms with Crippen molar-refractivity contribution >= 4 is 17.5 Å². The van der Waals surface area contributed by atoms with Crippen molar-refractivity contribution in [1.29, 1.82) is 0 Å². The zero-order valence-electron chi connectivity index (χ0n) is 7.29. The molecule has 0 spiro atoms. The van der Waals surface area contributed by atoms with Gasteiger partial charge in [-0.2, -0.15) is 8.78 Å². The van der Waals surface area contributed by atoms with Crippen LogP contribution >= 0.6 is 11.8 Å². The molecule has 0 amide bonds. The van der Waals surface area contributed by atoms with Crippen molar-refractivity contribution < 1.29 is 22.4 Å². The van der Waals surface area contributed by atoms with E-state index in [1.54, 1.807) is 0 Å². The number of Topliss-reactive ketones (excluding diaryl/α,β-unsaturated/α-hetero) is 1. The number of hydrogen-bond acceptors (Lipinski definition) is 2. The standard InChI is InChI=1S/C9H6F4OS/c10-8(11)7(14)5-1-3-6(4-2-5)15-9(12)13/h1-4,8-9H. The van der Waals surface area contributed by atoms with Crippen LogP contribution in [0.3, 0.4) is 0 Å². The minimum atomic E-state index is -3.07. The lowest BCUT2D eigenvalue weighted by Crippen LogP contribution is -2.09. The molecule has 1 aromatic rings. The molecule has 0 unspecified atom stereocenters. The highest BCUT2D eigenvalue weighted by atomic mass is 32.2. The van der Waals surface area contributed by atoms with Crippen LogP contribution in [0.1, 0.15) is 10.4 Å². The number of ketones is 1. The zero-order chi connectivity index (χ0) is 11.4. The maximum atomic E-state index is 11.9. The fraction of sp³-hybridized carbons (Fsp3) is 0.222. The van der Waals surface area contributed by atoms with Crippen LogP contribution < -0.4 is 0 Å². The molecular weight excluding hydrogens is 232 g/mol. The predicted octanol–water partition coefficient (Wildman–Crippen LogP) is 3.45. The Morgan fingerprint density at radius 3 is 2.00 bits per heavy atom. The van der Waals surface area contributed by atoms with Gasteiger partial charge in [0.2, 0.25) is 5.78 Å². The van der Waals surface area contributed by atoms with E-state index in [1.807, 2.05) is 0 Å². The Labute approximate surface area is 87.5 Å². The monoisotopic (exact) mass is 238 g/mol.